The molecule has 0 aliphatic carbocycles. The predicted molar refractivity (Wildman–Crippen MR) is 38.6 cm³/mol. The Morgan fingerprint density at radius 3 is 3.00 bits per heavy atom. The van der Waals surface area contributed by atoms with Crippen LogP contribution in [0.5, 0.6) is 0 Å². The van der Waals surface area contributed by atoms with Gasteiger partial charge in [0.1, 0.15) is 0 Å². The molecule has 0 aromatic carbocycles. The summed E-state index contributed by atoms with van der Waals surface area (Å²) in [5, 5.41) is 0.946. The highest BCUT2D eigenvalue weighted by Gasteiger charge is 2.08. The summed E-state index contributed by atoms with van der Waals surface area (Å²) in [6.07, 6.45) is 2.24. The third-order valence-electron chi connectivity index (χ3n) is 0.865. The number of hydrogen-bond acceptors (Lipinski definition) is 2. The maximum absolute atomic E-state index is 10.7. The second kappa shape index (κ2) is 5.34. The molecule has 0 N–H and O–H groups in total. The SMILES string of the molecule is C=CCON(C)C(=O)C=[N+]=[N-]. The fraction of sp³-hybridized carbons (Fsp3) is 0.333. The van der Waals surface area contributed by atoms with E-state index >= 15 is 0 Å². The second-order valence-corrected chi connectivity index (χ2v) is 1.66. The number of carbonyl (C=O) groups is 1. The topological polar surface area (TPSA) is 65.9 Å². The van der Waals surface area contributed by atoms with Gasteiger partial charge in [-0.3, -0.25) is 9.63 Å². The second-order valence-electron chi connectivity index (χ2n) is 1.66. The molecule has 0 unspecified atom stereocenters. The van der Waals surface area contributed by atoms with Crippen molar-refractivity contribution < 1.29 is 14.4 Å². The molecular formula is C6H9N3O2. The van der Waals surface area contributed by atoms with Crippen LogP contribution >= 0.6 is 0 Å². The molecule has 0 aliphatic rings. The quantitative estimate of drug-likeness (QED) is 0.186. The third-order valence-corrected chi connectivity index (χ3v) is 0.865. The van der Waals surface area contributed by atoms with Gasteiger partial charge in [0.2, 0.25) is 0 Å². The summed E-state index contributed by atoms with van der Waals surface area (Å²) in [4.78, 5) is 18.0. The van der Waals surface area contributed by atoms with Crippen molar-refractivity contribution >= 4 is 12.1 Å². The molecule has 0 bridgehead atoms. The lowest BCUT2D eigenvalue weighted by atomic mass is 10.6. The van der Waals surface area contributed by atoms with Crippen molar-refractivity contribution in [1.29, 1.82) is 0 Å². The minimum Gasteiger partial charge on any atom is -0.361 e. The molecular weight excluding hydrogens is 146 g/mol. The Hall–Kier alpha value is -1.45. The third kappa shape index (κ3) is 4.02. The molecule has 5 nitrogen and oxygen atoms in total. The highest BCUT2D eigenvalue weighted by Crippen LogP contribution is 1.83. The van der Waals surface area contributed by atoms with Gasteiger partial charge in [-0.05, 0) is 0 Å². The van der Waals surface area contributed by atoms with Crippen molar-refractivity contribution in [3.63, 3.8) is 0 Å². The molecule has 11 heavy (non-hydrogen) atoms. The van der Waals surface area contributed by atoms with Crippen LogP contribution in [0, 0.1) is 0 Å². The van der Waals surface area contributed by atoms with Crippen LogP contribution in [0.1, 0.15) is 0 Å². The first-order valence-electron chi connectivity index (χ1n) is 2.91. The summed E-state index contributed by atoms with van der Waals surface area (Å²) in [5.41, 5.74) is 7.96. The Labute approximate surface area is 64.4 Å². The van der Waals surface area contributed by atoms with E-state index < -0.39 is 5.91 Å². The number of nitrogens with zero attached hydrogens (tertiary/aromatic N) is 3. The molecule has 0 aromatic heterocycles. The van der Waals surface area contributed by atoms with E-state index in [1.165, 1.54) is 13.1 Å². The Morgan fingerprint density at radius 1 is 1.91 bits per heavy atom. The zero-order valence-electron chi connectivity index (χ0n) is 6.23. The molecule has 0 saturated carbocycles. The average Bonchev–Trinajstić information content (AvgIpc) is 2.00. The number of rotatable bonds is 4. The molecule has 0 heterocycles. The zero-order chi connectivity index (χ0) is 8.69. The lowest BCUT2D eigenvalue weighted by Crippen LogP contribution is -2.28. The van der Waals surface area contributed by atoms with Gasteiger partial charge in [0.15, 0.2) is 0 Å². The predicted octanol–water partition coefficient (Wildman–Crippen LogP) is -0.137. The molecule has 0 atom stereocenters. The molecule has 0 fully saturated rings. The summed E-state index contributed by atoms with van der Waals surface area (Å²) in [7, 11) is 1.41. The van der Waals surface area contributed by atoms with E-state index in [1.807, 2.05) is 0 Å². The van der Waals surface area contributed by atoms with Crippen LogP contribution in [0.3, 0.4) is 0 Å². The summed E-state index contributed by atoms with van der Waals surface area (Å²) in [6.45, 7) is 3.63. The highest BCUT2D eigenvalue weighted by atomic mass is 16.7. The van der Waals surface area contributed by atoms with E-state index in [9.17, 15) is 4.79 Å². The van der Waals surface area contributed by atoms with Crippen LogP contribution in [0.25, 0.3) is 5.53 Å². The van der Waals surface area contributed by atoms with Crippen LogP contribution in [0.4, 0.5) is 0 Å². The fourth-order valence-corrected chi connectivity index (χ4v) is 0.359. The molecule has 0 radical (unpaired) electrons. The number of hydroxylamine groups is 2. The van der Waals surface area contributed by atoms with Gasteiger partial charge in [0, 0.05) is 7.05 Å². The minimum atomic E-state index is -0.533. The Bertz CT molecular complexity index is 196. The van der Waals surface area contributed by atoms with Gasteiger partial charge in [0.25, 0.3) is 0 Å². The molecule has 5 heteroatoms. The minimum absolute atomic E-state index is 0.238. The van der Waals surface area contributed by atoms with Crippen LogP contribution in [-0.4, -0.2) is 35.6 Å². The summed E-state index contributed by atoms with van der Waals surface area (Å²) < 4.78 is 0. The van der Waals surface area contributed by atoms with Crippen LogP contribution in [-0.2, 0) is 9.63 Å². The standard InChI is InChI=1S/C6H9N3O2/c1-3-4-11-9(2)6(10)5-8-7/h3,5H,1,4H2,2H3. The molecule has 1 amide bonds. The van der Waals surface area contributed by atoms with E-state index in [1.54, 1.807) is 0 Å². The van der Waals surface area contributed by atoms with E-state index in [-0.39, 0.29) is 6.61 Å². The molecule has 0 spiro atoms. The zero-order valence-corrected chi connectivity index (χ0v) is 6.23. The Morgan fingerprint density at radius 2 is 2.55 bits per heavy atom. The van der Waals surface area contributed by atoms with E-state index in [0.717, 1.165) is 11.3 Å². The largest absolute Gasteiger partial charge is 0.361 e. The number of carbonyl (C=O) groups excluding carboxylic acids is 1. The molecule has 0 rings (SSSR count). The number of amides is 1. The van der Waals surface area contributed by atoms with Gasteiger partial charge in [-0.15, -0.1) is 6.58 Å². The molecule has 0 saturated heterocycles. The van der Waals surface area contributed by atoms with E-state index in [4.69, 9.17) is 10.4 Å². The van der Waals surface area contributed by atoms with Gasteiger partial charge in [-0.2, -0.15) is 4.79 Å². The molecule has 0 aliphatic heterocycles. The summed E-state index contributed by atoms with van der Waals surface area (Å²) >= 11 is 0. The van der Waals surface area contributed by atoms with Crippen molar-refractivity contribution in [2.24, 2.45) is 0 Å². The van der Waals surface area contributed by atoms with Gasteiger partial charge in [0.05, 0.1) is 6.61 Å². The van der Waals surface area contributed by atoms with Crippen molar-refractivity contribution in [1.82, 2.24) is 5.06 Å². The smallest absolute Gasteiger partial charge is 0.351 e. The van der Waals surface area contributed by atoms with E-state index in [2.05, 4.69) is 11.4 Å². The van der Waals surface area contributed by atoms with Gasteiger partial charge in [-0.25, -0.2) is 5.06 Å². The van der Waals surface area contributed by atoms with Crippen molar-refractivity contribution in [3.05, 3.63) is 18.2 Å². The highest BCUT2D eigenvalue weighted by molar-refractivity contribution is 6.23. The van der Waals surface area contributed by atoms with Crippen molar-refractivity contribution in [2.45, 2.75) is 0 Å². The summed E-state index contributed by atoms with van der Waals surface area (Å²) in [5.74, 6) is -0.533. The fourth-order valence-electron chi connectivity index (χ4n) is 0.359. The Kier molecular flexibility index (Phi) is 4.64. The maximum Gasteiger partial charge on any atom is 0.351 e. The van der Waals surface area contributed by atoms with Crippen LogP contribution in [0.15, 0.2) is 12.7 Å². The van der Waals surface area contributed by atoms with Gasteiger partial charge >= 0.3 is 12.1 Å². The van der Waals surface area contributed by atoms with Gasteiger partial charge in [-0.1, -0.05) is 6.08 Å². The Balaban J connectivity index is 3.81. The monoisotopic (exact) mass is 155 g/mol. The first kappa shape index (κ1) is 9.55. The molecule has 60 valence electrons. The van der Waals surface area contributed by atoms with Crippen LogP contribution < -0.4 is 0 Å². The molecule has 0 aromatic rings. The van der Waals surface area contributed by atoms with Crippen molar-refractivity contribution in [2.75, 3.05) is 13.7 Å². The lowest BCUT2D eigenvalue weighted by Gasteiger charge is -2.09. The number of hydrogen-bond donors (Lipinski definition) is 0. The van der Waals surface area contributed by atoms with Gasteiger partial charge < -0.3 is 5.53 Å². The average molecular weight is 155 g/mol. The maximum atomic E-state index is 10.7. The lowest BCUT2D eigenvalue weighted by molar-refractivity contribution is -0.168. The van der Waals surface area contributed by atoms with E-state index in [0.29, 0.717) is 0 Å². The normalized spacial score (nSPS) is 8.09. The summed E-state index contributed by atoms with van der Waals surface area (Å²) in [6, 6.07) is 0. The first-order chi connectivity index (χ1) is 5.22. The van der Waals surface area contributed by atoms with Crippen molar-refractivity contribution in [3.8, 4) is 0 Å². The van der Waals surface area contributed by atoms with Crippen LogP contribution in [0.2, 0.25) is 0 Å². The first-order valence-corrected chi connectivity index (χ1v) is 2.91.